The number of ether oxygens (including phenoxy) is 1. The first kappa shape index (κ1) is 13.5. The summed E-state index contributed by atoms with van der Waals surface area (Å²) < 4.78 is 2.88. The van der Waals surface area contributed by atoms with Crippen molar-refractivity contribution in [2.45, 2.75) is 8.29 Å². The number of alkyl halides is 3. The lowest BCUT2D eigenvalue weighted by Gasteiger charge is -2.36. The van der Waals surface area contributed by atoms with Gasteiger partial charge in [0.05, 0.1) is 0 Å². The second kappa shape index (κ2) is 4.75. The number of allylic oxidation sites excluding steroid dienone is 2. The van der Waals surface area contributed by atoms with E-state index in [1.165, 1.54) is 6.08 Å². The van der Waals surface area contributed by atoms with Crippen LogP contribution in [0, 0.1) is 0 Å². The van der Waals surface area contributed by atoms with Crippen LogP contribution in [0.25, 0.3) is 0 Å². The maximum Gasteiger partial charge on any atom is 0.329 e. The molecule has 0 saturated carbocycles. The molecule has 0 saturated heterocycles. The Bertz CT molecular complexity index is 341. The lowest BCUT2D eigenvalue weighted by molar-refractivity contribution is -0.144. The highest BCUT2D eigenvalue weighted by atomic mass is 79.9. The van der Waals surface area contributed by atoms with Crippen molar-refractivity contribution in [1.29, 1.82) is 0 Å². The van der Waals surface area contributed by atoms with Gasteiger partial charge >= 0.3 is 5.97 Å². The SMILES string of the molecule is O=C(O)COC1(Br)C=CC(Cl)=CC1(Cl)Br. The van der Waals surface area contributed by atoms with E-state index in [9.17, 15) is 4.79 Å². The first-order valence-electron chi connectivity index (χ1n) is 3.77. The molecule has 0 aromatic carbocycles. The van der Waals surface area contributed by atoms with Crippen LogP contribution in [0.3, 0.4) is 0 Å². The van der Waals surface area contributed by atoms with Crippen molar-refractivity contribution in [3.05, 3.63) is 23.3 Å². The van der Waals surface area contributed by atoms with Gasteiger partial charge in [0.15, 0.2) is 8.29 Å². The zero-order valence-electron chi connectivity index (χ0n) is 7.21. The first-order chi connectivity index (χ1) is 6.77. The van der Waals surface area contributed by atoms with Gasteiger partial charge in [0.1, 0.15) is 6.61 Å². The quantitative estimate of drug-likeness (QED) is 0.765. The predicted molar refractivity (Wildman–Crippen MR) is 65.8 cm³/mol. The van der Waals surface area contributed by atoms with Gasteiger partial charge in [0.25, 0.3) is 0 Å². The van der Waals surface area contributed by atoms with Crippen molar-refractivity contribution in [3.63, 3.8) is 0 Å². The van der Waals surface area contributed by atoms with Crippen molar-refractivity contribution in [2.24, 2.45) is 0 Å². The number of rotatable bonds is 3. The molecule has 2 unspecified atom stereocenters. The number of aliphatic carboxylic acids is 1. The summed E-state index contributed by atoms with van der Waals surface area (Å²) in [6, 6.07) is 0. The number of carboxylic acid groups (broad SMARTS) is 1. The summed E-state index contributed by atoms with van der Waals surface area (Å²) in [5.41, 5.74) is 0. The van der Waals surface area contributed by atoms with Crippen LogP contribution in [-0.2, 0) is 9.53 Å². The molecule has 15 heavy (non-hydrogen) atoms. The molecule has 3 nitrogen and oxygen atoms in total. The van der Waals surface area contributed by atoms with E-state index in [2.05, 4.69) is 31.9 Å². The van der Waals surface area contributed by atoms with Gasteiger partial charge in [-0.1, -0.05) is 39.1 Å². The molecular formula is C8H6Br2Cl2O3. The minimum absolute atomic E-state index is 0.441. The minimum atomic E-state index is -1.14. The summed E-state index contributed by atoms with van der Waals surface area (Å²) in [6.45, 7) is -0.471. The van der Waals surface area contributed by atoms with Gasteiger partial charge in [-0.15, -0.1) is 0 Å². The van der Waals surface area contributed by atoms with Gasteiger partial charge in [-0.3, -0.25) is 0 Å². The largest absolute Gasteiger partial charge is 0.480 e. The molecule has 0 bridgehead atoms. The fraction of sp³-hybridized carbons (Fsp3) is 0.375. The predicted octanol–water partition coefficient (Wildman–Crippen LogP) is 3.20. The van der Waals surface area contributed by atoms with Crippen LogP contribution in [0.1, 0.15) is 0 Å². The summed E-state index contributed by atoms with van der Waals surface area (Å²) in [6.07, 6.45) is 4.62. The molecular weight excluding hydrogens is 375 g/mol. The summed E-state index contributed by atoms with van der Waals surface area (Å²) in [5, 5.41) is 8.95. The molecule has 1 aliphatic rings. The van der Waals surface area contributed by atoms with Gasteiger partial charge in [-0.2, -0.15) is 0 Å². The molecule has 0 spiro atoms. The molecule has 1 rings (SSSR count). The summed E-state index contributed by atoms with van der Waals surface area (Å²) in [4.78, 5) is 10.4. The zero-order chi connectivity index (χ0) is 11.7. The van der Waals surface area contributed by atoms with Crippen molar-refractivity contribution >= 4 is 61.0 Å². The van der Waals surface area contributed by atoms with Crippen molar-refractivity contribution in [3.8, 4) is 0 Å². The second-order valence-corrected chi connectivity index (χ2v) is 6.73. The maximum absolute atomic E-state index is 10.4. The number of carboxylic acids is 1. The van der Waals surface area contributed by atoms with Crippen LogP contribution in [0.2, 0.25) is 0 Å². The van der Waals surface area contributed by atoms with E-state index in [1.807, 2.05) is 0 Å². The van der Waals surface area contributed by atoms with Crippen molar-refractivity contribution in [2.75, 3.05) is 6.61 Å². The van der Waals surface area contributed by atoms with Crippen LogP contribution in [0.4, 0.5) is 0 Å². The average Bonchev–Trinajstić information content (AvgIpc) is 2.08. The van der Waals surface area contributed by atoms with Crippen LogP contribution >= 0.6 is 55.1 Å². The van der Waals surface area contributed by atoms with E-state index in [4.69, 9.17) is 33.0 Å². The Morgan fingerprint density at radius 1 is 1.60 bits per heavy atom. The fourth-order valence-electron chi connectivity index (χ4n) is 0.929. The highest BCUT2D eigenvalue weighted by Crippen LogP contribution is 2.48. The maximum atomic E-state index is 10.4. The third-order valence-electron chi connectivity index (χ3n) is 1.64. The van der Waals surface area contributed by atoms with Gasteiger partial charge in [-0.25, -0.2) is 4.79 Å². The topological polar surface area (TPSA) is 46.5 Å². The highest BCUT2D eigenvalue weighted by molar-refractivity contribution is 9.13. The lowest BCUT2D eigenvalue weighted by atomic mass is 10.1. The molecule has 0 heterocycles. The Balaban J connectivity index is 2.85. The van der Waals surface area contributed by atoms with E-state index in [0.717, 1.165) is 0 Å². The van der Waals surface area contributed by atoms with E-state index < -0.39 is 20.9 Å². The van der Waals surface area contributed by atoms with Crippen LogP contribution in [-0.4, -0.2) is 26.0 Å². The molecule has 0 aromatic rings. The molecule has 7 heteroatoms. The first-order valence-corrected chi connectivity index (χ1v) is 6.11. The summed E-state index contributed by atoms with van der Waals surface area (Å²) in [5.74, 6) is -1.08. The van der Waals surface area contributed by atoms with Crippen LogP contribution in [0.5, 0.6) is 0 Å². The van der Waals surface area contributed by atoms with Gasteiger partial charge in [-0.05, 0) is 34.2 Å². The third kappa shape index (κ3) is 3.20. The number of halogens is 4. The Hall–Kier alpha value is 0.450. The van der Waals surface area contributed by atoms with E-state index in [0.29, 0.717) is 5.03 Å². The fourth-order valence-corrected chi connectivity index (χ4v) is 2.43. The monoisotopic (exact) mass is 378 g/mol. The van der Waals surface area contributed by atoms with E-state index in [1.54, 1.807) is 12.2 Å². The molecule has 0 aliphatic heterocycles. The normalized spacial score (nSPS) is 35.1. The standard InChI is InChI=1S/C8H6Br2Cl2O3/c9-7(12)3-5(11)1-2-8(7,10)15-4-6(13)14/h1-3H,4H2,(H,13,14). The molecule has 1 aliphatic carbocycles. The second-order valence-electron chi connectivity index (χ2n) is 2.81. The van der Waals surface area contributed by atoms with Crippen molar-refractivity contribution < 1.29 is 14.6 Å². The Labute approximate surface area is 113 Å². The van der Waals surface area contributed by atoms with Crippen molar-refractivity contribution in [1.82, 2.24) is 0 Å². The zero-order valence-corrected chi connectivity index (χ0v) is 11.9. The highest BCUT2D eigenvalue weighted by Gasteiger charge is 2.47. The molecule has 0 aromatic heterocycles. The lowest BCUT2D eigenvalue weighted by Crippen LogP contribution is -2.42. The van der Waals surface area contributed by atoms with Gasteiger partial charge in [0.2, 0.25) is 0 Å². The van der Waals surface area contributed by atoms with Gasteiger partial charge < -0.3 is 9.84 Å². The average molecular weight is 381 g/mol. The van der Waals surface area contributed by atoms with Gasteiger partial charge in [0, 0.05) is 5.03 Å². The smallest absolute Gasteiger partial charge is 0.329 e. The number of hydrogen-bond acceptors (Lipinski definition) is 2. The minimum Gasteiger partial charge on any atom is -0.480 e. The Morgan fingerprint density at radius 2 is 2.20 bits per heavy atom. The van der Waals surface area contributed by atoms with E-state index >= 15 is 0 Å². The Morgan fingerprint density at radius 3 is 2.67 bits per heavy atom. The summed E-state index contributed by atoms with van der Waals surface area (Å²) >= 11 is 18.3. The summed E-state index contributed by atoms with van der Waals surface area (Å²) in [7, 11) is 0. The number of hydrogen-bond donors (Lipinski definition) is 1. The molecule has 84 valence electrons. The molecule has 0 radical (unpaired) electrons. The number of carbonyl (C=O) groups is 1. The van der Waals surface area contributed by atoms with Crippen LogP contribution < -0.4 is 0 Å². The molecule has 2 atom stereocenters. The van der Waals surface area contributed by atoms with E-state index in [-0.39, 0.29) is 0 Å². The van der Waals surface area contributed by atoms with Crippen LogP contribution in [0.15, 0.2) is 23.3 Å². The molecule has 0 fully saturated rings. The Kier molecular flexibility index (Phi) is 4.28. The third-order valence-corrected chi connectivity index (χ3v) is 4.96. The molecule has 1 N–H and O–H groups in total. The molecule has 0 amide bonds.